The van der Waals surface area contributed by atoms with Crippen LogP contribution in [0.25, 0.3) is 10.2 Å². The van der Waals surface area contributed by atoms with E-state index in [1.807, 2.05) is 13.0 Å². The molecule has 1 aromatic carbocycles. The van der Waals surface area contributed by atoms with Gasteiger partial charge in [-0.2, -0.15) is 0 Å². The summed E-state index contributed by atoms with van der Waals surface area (Å²) >= 11 is 1.52. The van der Waals surface area contributed by atoms with Crippen molar-refractivity contribution in [3.63, 3.8) is 0 Å². The first kappa shape index (κ1) is 14.5. The molecule has 0 aliphatic rings. The van der Waals surface area contributed by atoms with Gasteiger partial charge in [-0.3, -0.25) is 9.36 Å². The van der Waals surface area contributed by atoms with Crippen LogP contribution in [0.15, 0.2) is 41.5 Å². The van der Waals surface area contributed by atoms with Crippen molar-refractivity contribution >= 4 is 27.5 Å². The van der Waals surface area contributed by atoms with Gasteiger partial charge in [-0.1, -0.05) is 25.1 Å². The van der Waals surface area contributed by atoms with Crippen LogP contribution in [-0.4, -0.2) is 20.6 Å². The average molecular weight is 314 g/mol. The van der Waals surface area contributed by atoms with Crippen molar-refractivity contribution in [3.8, 4) is 0 Å². The van der Waals surface area contributed by atoms with E-state index in [2.05, 4.69) is 4.98 Å². The standard InChI is InChI=1S/C16H14N2O3S/c1-2-11-7-13-14(22-11)17-9-18(15(13)19)8-10-5-3-4-6-12(10)16(20)21/h3-7,9H,2,8H2,1H3,(H,20,21). The number of aryl methyl sites for hydroxylation is 1. The Morgan fingerprint density at radius 1 is 1.36 bits per heavy atom. The number of benzene rings is 1. The van der Waals surface area contributed by atoms with Gasteiger partial charge in [0.1, 0.15) is 4.83 Å². The highest BCUT2D eigenvalue weighted by Crippen LogP contribution is 2.21. The van der Waals surface area contributed by atoms with Crippen LogP contribution in [0.3, 0.4) is 0 Å². The lowest BCUT2D eigenvalue weighted by molar-refractivity contribution is 0.0695. The third-order valence-corrected chi connectivity index (χ3v) is 4.69. The number of carboxylic acids is 1. The SMILES string of the molecule is CCc1cc2c(=O)n(Cc3ccccc3C(=O)O)cnc2s1. The van der Waals surface area contributed by atoms with Gasteiger partial charge in [0.2, 0.25) is 0 Å². The van der Waals surface area contributed by atoms with Crippen molar-refractivity contribution in [1.82, 2.24) is 9.55 Å². The Hall–Kier alpha value is -2.47. The number of thiophene rings is 1. The second-order valence-corrected chi connectivity index (χ2v) is 6.04. The summed E-state index contributed by atoms with van der Waals surface area (Å²) in [5.41, 5.74) is 0.652. The molecule has 0 atom stereocenters. The van der Waals surface area contributed by atoms with Crippen LogP contribution in [0.2, 0.25) is 0 Å². The van der Waals surface area contributed by atoms with Crippen LogP contribution in [0, 0.1) is 0 Å². The van der Waals surface area contributed by atoms with E-state index >= 15 is 0 Å². The second-order valence-electron chi connectivity index (χ2n) is 4.93. The highest BCUT2D eigenvalue weighted by molar-refractivity contribution is 7.18. The van der Waals surface area contributed by atoms with E-state index in [-0.39, 0.29) is 17.7 Å². The fraction of sp³-hybridized carbons (Fsp3) is 0.188. The van der Waals surface area contributed by atoms with E-state index < -0.39 is 5.97 Å². The predicted octanol–water partition coefficient (Wildman–Crippen LogP) is 2.77. The van der Waals surface area contributed by atoms with Crippen molar-refractivity contribution in [2.75, 3.05) is 0 Å². The lowest BCUT2D eigenvalue weighted by Crippen LogP contribution is -2.21. The monoisotopic (exact) mass is 314 g/mol. The number of rotatable bonds is 4. The molecule has 0 unspecified atom stereocenters. The quantitative estimate of drug-likeness (QED) is 0.803. The molecule has 6 heteroatoms. The number of nitrogens with zero attached hydrogens (tertiary/aromatic N) is 2. The van der Waals surface area contributed by atoms with Crippen molar-refractivity contribution < 1.29 is 9.90 Å². The van der Waals surface area contributed by atoms with Crippen LogP contribution >= 0.6 is 11.3 Å². The van der Waals surface area contributed by atoms with E-state index in [0.29, 0.717) is 10.9 Å². The largest absolute Gasteiger partial charge is 0.478 e. The molecule has 2 aromatic heterocycles. The molecule has 0 radical (unpaired) electrons. The molecule has 5 nitrogen and oxygen atoms in total. The van der Waals surface area contributed by atoms with Gasteiger partial charge >= 0.3 is 5.97 Å². The number of carboxylic acid groups (broad SMARTS) is 1. The summed E-state index contributed by atoms with van der Waals surface area (Å²) in [5.74, 6) is -0.999. The number of hydrogen-bond donors (Lipinski definition) is 1. The molecule has 0 saturated heterocycles. The van der Waals surface area contributed by atoms with E-state index in [0.717, 1.165) is 16.1 Å². The highest BCUT2D eigenvalue weighted by atomic mass is 32.1. The maximum absolute atomic E-state index is 12.5. The molecule has 3 aromatic rings. The van der Waals surface area contributed by atoms with Crippen LogP contribution in [0.4, 0.5) is 0 Å². The predicted molar refractivity (Wildman–Crippen MR) is 85.8 cm³/mol. The molecule has 112 valence electrons. The molecule has 1 N–H and O–H groups in total. The maximum atomic E-state index is 12.5. The number of hydrogen-bond acceptors (Lipinski definition) is 4. The number of aromatic nitrogens is 2. The van der Waals surface area contributed by atoms with Crippen LogP contribution in [-0.2, 0) is 13.0 Å². The van der Waals surface area contributed by atoms with Gasteiger partial charge in [0.25, 0.3) is 5.56 Å². The molecule has 0 spiro atoms. The highest BCUT2D eigenvalue weighted by Gasteiger charge is 2.12. The van der Waals surface area contributed by atoms with Crippen LogP contribution in [0.5, 0.6) is 0 Å². The number of fused-ring (bicyclic) bond motifs is 1. The van der Waals surface area contributed by atoms with Crippen molar-refractivity contribution in [1.29, 1.82) is 0 Å². The van der Waals surface area contributed by atoms with Crippen molar-refractivity contribution in [2.24, 2.45) is 0 Å². The summed E-state index contributed by atoms with van der Waals surface area (Å²) in [7, 11) is 0. The molecule has 0 saturated carbocycles. The molecule has 0 amide bonds. The van der Waals surface area contributed by atoms with Gasteiger partial charge in [-0.05, 0) is 24.1 Å². The molecule has 3 rings (SSSR count). The zero-order chi connectivity index (χ0) is 15.7. The molecule has 22 heavy (non-hydrogen) atoms. The number of aromatic carboxylic acids is 1. The van der Waals surface area contributed by atoms with E-state index in [1.54, 1.807) is 18.2 Å². The Labute approximate surface area is 130 Å². The zero-order valence-electron chi connectivity index (χ0n) is 11.9. The summed E-state index contributed by atoms with van der Waals surface area (Å²) in [6.07, 6.45) is 2.35. The lowest BCUT2D eigenvalue weighted by atomic mass is 10.1. The molecule has 2 heterocycles. The van der Waals surface area contributed by atoms with Crippen molar-refractivity contribution in [2.45, 2.75) is 19.9 Å². The molecular formula is C16H14N2O3S. The van der Waals surface area contributed by atoms with Gasteiger partial charge in [0.15, 0.2) is 0 Å². The lowest BCUT2D eigenvalue weighted by Gasteiger charge is -2.08. The van der Waals surface area contributed by atoms with E-state index in [4.69, 9.17) is 0 Å². The average Bonchev–Trinajstić information content (AvgIpc) is 2.94. The van der Waals surface area contributed by atoms with Gasteiger partial charge in [-0.25, -0.2) is 9.78 Å². The fourth-order valence-electron chi connectivity index (χ4n) is 2.35. The van der Waals surface area contributed by atoms with E-state index in [9.17, 15) is 14.7 Å². The van der Waals surface area contributed by atoms with E-state index in [1.165, 1.54) is 28.3 Å². The molecule has 0 bridgehead atoms. The summed E-state index contributed by atoms with van der Waals surface area (Å²) in [5, 5.41) is 9.81. The zero-order valence-corrected chi connectivity index (χ0v) is 12.8. The third kappa shape index (κ3) is 2.53. The summed E-state index contributed by atoms with van der Waals surface area (Å²) in [4.78, 5) is 29.9. The third-order valence-electron chi connectivity index (χ3n) is 3.51. The normalized spacial score (nSPS) is 11.0. The minimum atomic E-state index is -0.999. The van der Waals surface area contributed by atoms with Crippen LogP contribution in [0.1, 0.15) is 27.7 Å². The molecule has 0 fully saturated rings. The van der Waals surface area contributed by atoms with Gasteiger partial charge in [-0.15, -0.1) is 11.3 Å². The van der Waals surface area contributed by atoms with Gasteiger partial charge in [0, 0.05) is 4.88 Å². The second kappa shape index (κ2) is 5.73. The number of carbonyl (C=O) groups is 1. The first-order chi connectivity index (χ1) is 10.6. The Balaban J connectivity index is 2.07. The first-order valence-corrected chi connectivity index (χ1v) is 7.71. The van der Waals surface area contributed by atoms with Gasteiger partial charge < -0.3 is 5.11 Å². The molecule has 0 aliphatic carbocycles. The molecule has 0 aliphatic heterocycles. The summed E-state index contributed by atoms with van der Waals surface area (Å²) in [6, 6.07) is 8.55. The smallest absolute Gasteiger partial charge is 0.336 e. The maximum Gasteiger partial charge on any atom is 0.336 e. The van der Waals surface area contributed by atoms with Gasteiger partial charge in [0.05, 0.1) is 23.8 Å². The van der Waals surface area contributed by atoms with Crippen LogP contribution < -0.4 is 5.56 Å². The minimum absolute atomic E-state index is 0.138. The Morgan fingerprint density at radius 3 is 2.86 bits per heavy atom. The Bertz CT molecular complexity index is 911. The summed E-state index contributed by atoms with van der Waals surface area (Å²) in [6.45, 7) is 2.23. The first-order valence-electron chi connectivity index (χ1n) is 6.89. The Morgan fingerprint density at radius 2 is 2.14 bits per heavy atom. The van der Waals surface area contributed by atoms with Crippen molar-refractivity contribution in [3.05, 3.63) is 63.0 Å². The topological polar surface area (TPSA) is 72.2 Å². The fourth-order valence-corrected chi connectivity index (χ4v) is 3.27. The Kier molecular flexibility index (Phi) is 3.77. The molecular weight excluding hydrogens is 300 g/mol. The minimum Gasteiger partial charge on any atom is -0.478 e. The summed E-state index contributed by atoms with van der Waals surface area (Å²) < 4.78 is 1.45.